The Morgan fingerprint density at radius 2 is 2.08 bits per heavy atom. The molecule has 1 aliphatic heterocycles. The van der Waals surface area contributed by atoms with E-state index in [-0.39, 0.29) is 6.04 Å². The molecule has 0 aromatic heterocycles. The minimum Gasteiger partial charge on any atom is -0.304 e. The SMILES string of the molecule is CC(=O)[C@@H]1CC2CCCCC2N1. The summed E-state index contributed by atoms with van der Waals surface area (Å²) in [5, 5.41) is 3.44. The molecule has 0 radical (unpaired) electrons. The third-order valence-corrected chi connectivity index (χ3v) is 3.35. The van der Waals surface area contributed by atoms with E-state index in [4.69, 9.17) is 0 Å². The Kier molecular flexibility index (Phi) is 2.18. The Bertz CT molecular complexity index is 176. The molecule has 0 bridgehead atoms. The van der Waals surface area contributed by atoms with E-state index in [0.717, 1.165) is 12.3 Å². The highest BCUT2D eigenvalue weighted by Gasteiger charge is 2.36. The lowest BCUT2D eigenvalue weighted by molar-refractivity contribution is -0.118. The first kappa shape index (κ1) is 8.24. The van der Waals surface area contributed by atoms with Crippen LogP contribution < -0.4 is 5.32 Å². The van der Waals surface area contributed by atoms with E-state index in [9.17, 15) is 4.79 Å². The first-order valence-corrected chi connectivity index (χ1v) is 5.04. The predicted molar refractivity (Wildman–Crippen MR) is 48.0 cm³/mol. The summed E-state index contributed by atoms with van der Waals surface area (Å²) in [5.41, 5.74) is 0. The number of Topliss-reactive ketones (excluding diaryl/α,β-unsaturated/α-hetero) is 1. The van der Waals surface area contributed by atoms with Crippen molar-refractivity contribution in [2.75, 3.05) is 0 Å². The van der Waals surface area contributed by atoms with Crippen LogP contribution in [0.25, 0.3) is 0 Å². The zero-order valence-electron chi connectivity index (χ0n) is 7.68. The van der Waals surface area contributed by atoms with Gasteiger partial charge < -0.3 is 5.32 Å². The molecule has 3 atom stereocenters. The first-order valence-electron chi connectivity index (χ1n) is 5.04. The topological polar surface area (TPSA) is 29.1 Å². The van der Waals surface area contributed by atoms with Crippen molar-refractivity contribution < 1.29 is 4.79 Å². The molecular formula is C10H17NO. The van der Waals surface area contributed by atoms with Gasteiger partial charge in [0.15, 0.2) is 0 Å². The number of carbonyl (C=O) groups is 1. The zero-order valence-corrected chi connectivity index (χ0v) is 7.68. The fourth-order valence-corrected chi connectivity index (χ4v) is 2.62. The summed E-state index contributed by atoms with van der Waals surface area (Å²) in [6.45, 7) is 1.70. The van der Waals surface area contributed by atoms with Crippen molar-refractivity contribution in [2.24, 2.45) is 5.92 Å². The van der Waals surface area contributed by atoms with Crippen LogP contribution in [0.3, 0.4) is 0 Å². The Labute approximate surface area is 73.7 Å². The van der Waals surface area contributed by atoms with Gasteiger partial charge in [0.1, 0.15) is 5.78 Å². The molecule has 2 heteroatoms. The molecule has 0 amide bonds. The third-order valence-electron chi connectivity index (χ3n) is 3.35. The Hall–Kier alpha value is -0.370. The number of hydrogen-bond donors (Lipinski definition) is 1. The van der Waals surface area contributed by atoms with Crippen molar-refractivity contribution in [1.29, 1.82) is 0 Å². The number of hydrogen-bond acceptors (Lipinski definition) is 2. The number of carbonyl (C=O) groups excluding carboxylic acids is 1. The predicted octanol–water partition coefficient (Wildman–Crippen LogP) is 1.50. The summed E-state index contributed by atoms with van der Waals surface area (Å²) < 4.78 is 0. The normalized spacial score (nSPS) is 40.9. The van der Waals surface area contributed by atoms with Crippen LogP contribution in [-0.4, -0.2) is 17.9 Å². The van der Waals surface area contributed by atoms with Gasteiger partial charge in [0.25, 0.3) is 0 Å². The van der Waals surface area contributed by atoms with Crippen LogP contribution in [0.1, 0.15) is 39.0 Å². The Morgan fingerprint density at radius 3 is 2.75 bits per heavy atom. The lowest BCUT2D eigenvalue weighted by Crippen LogP contribution is -2.36. The maximum absolute atomic E-state index is 11.1. The van der Waals surface area contributed by atoms with E-state index in [2.05, 4.69) is 5.32 Å². The van der Waals surface area contributed by atoms with Gasteiger partial charge in [-0.3, -0.25) is 4.79 Å². The van der Waals surface area contributed by atoms with Crippen LogP contribution in [-0.2, 0) is 4.79 Å². The van der Waals surface area contributed by atoms with Crippen LogP contribution in [0.2, 0.25) is 0 Å². The number of ketones is 1. The molecule has 68 valence electrons. The lowest BCUT2D eigenvalue weighted by Gasteiger charge is -2.24. The van der Waals surface area contributed by atoms with Gasteiger partial charge in [-0.1, -0.05) is 12.8 Å². The molecule has 1 saturated carbocycles. The van der Waals surface area contributed by atoms with Crippen LogP contribution >= 0.6 is 0 Å². The summed E-state index contributed by atoms with van der Waals surface area (Å²) in [6.07, 6.45) is 6.43. The van der Waals surface area contributed by atoms with Gasteiger partial charge in [-0.15, -0.1) is 0 Å². The second-order valence-corrected chi connectivity index (χ2v) is 4.22. The third kappa shape index (κ3) is 1.40. The smallest absolute Gasteiger partial charge is 0.146 e. The van der Waals surface area contributed by atoms with Gasteiger partial charge in [-0.05, 0) is 32.1 Å². The van der Waals surface area contributed by atoms with Crippen LogP contribution in [0, 0.1) is 5.92 Å². The summed E-state index contributed by atoms with van der Waals surface area (Å²) in [5.74, 6) is 1.12. The standard InChI is InChI=1S/C10H17NO/c1-7(12)10-6-8-4-2-3-5-9(8)11-10/h8-11H,2-6H2,1H3/t8?,9?,10-/m0/s1. The molecule has 1 saturated heterocycles. The highest BCUT2D eigenvalue weighted by molar-refractivity contribution is 5.81. The van der Waals surface area contributed by atoms with Crippen LogP contribution in [0.5, 0.6) is 0 Å². The van der Waals surface area contributed by atoms with Gasteiger partial charge in [0, 0.05) is 6.04 Å². The highest BCUT2D eigenvalue weighted by atomic mass is 16.1. The first-order chi connectivity index (χ1) is 5.77. The van der Waals surface area contributed by atoms with Gasteiger partial charge in [0.05, 0.1) is 6.04 Å². The molecule has 0 aromatic carbocycles. The molecule has 2 rings (SSSR count). The van der Waals surface area contributed by atoms with Gasteiger partial charge in [-0.2, -0.15) is 0 Å². The monoisotopic (exact) mass is 167 g/mol. The molecule has 0 spiro atoms. The van der Waals surface area contributed by atoms with Gasteiger partial charge in [0.2, 0.25) is 0 Å². The summed E-state index contributed by atoms with van der Waals surface area (Å²) >= 11 is 0. The summed E-state index contributed by atoms with van der Waals surface area (Å²) in [7, 11) is 0. The highest BCUT2D eigenvalue weighted by Crippen LogP contribution is 2.33. The second kappa shape index (κ2) is 3.17. The zero-order chi connectivity index (χ0) is 8.55. The minimum absolute atomic E-state index is 0.179. The van der Waals surface area contributed by atoms with Crippen molar-refractivity contribution >= 4 is 5.78 Å². The van der Waals surface area contributed by atoms with Crippen molar-refractivity contribution in [1.82, 2.24) is 5.32 Å². The molecular weight excluding hydrogens is 150 g/mol. The summed E-state index contributed by atoms with van der Waals surface area (Å²) in [4.78, 5) is 11.1. The lowest BCUT2D eigenvalue weighted by atomic mass is 9.85. The molecule has 2 fully saturated rings. The molecule has 1 aliphatic carbocycles. The molecule has 1 N–H and O–H groups in total. The molecule has 1 heterocycles. The maximum atomic E-state index is 11.1. The average Bonchev–Trinajstić information content (AvgIpc) is 2.46. The molecule has 2 unspecified atom stereocenters. The van der Waals surface area contributed by atoms with Crippen molar-refractivity contribution in [3.8, 4) is 0 Å². The van der Waals surface area contributed by atoms with E-state index >= 15 is 0 Å². The number of fused-ring (bicyclic) bond motifs is 1. The van der Waals surface area contributed by atoms with E-state index in [0.29, 0.717) is 11.8 Å². The van der Waals surface area contributed by atoms with Crippen molar-refractivity contribution in [3.63, 3.8) is 0 Å². The fraction of sp³-hybridized carbons (Fsp3) is 0.900. The van der Waals surface area contributed by atoms with E-state index < -0.39 is 0 Å². The summed E-state index contributed by atoms with van der Waals surface area (Å²) in [6, 6.07) is 0.839. The quantitative estimate of drug-likeness (QED) is 0.641. The Morgan fingerprint density at radius 1 is 1.33 bits per heavy atom. The van der Waals surface area contributed by atoms with Crippen molar-refractivity contribution in [2.45, 2.75) is 51.1 Å². The number of nitrogens with one attached hydrogen (secondary N) is 1. The molecule has 2 aliphatic rings. The van der Waals surface area contributed by atoms with Crippen LogP contribution in [0.4, 0.5) is 0 Å². The maximum Gasteiger partial charge on any atom is 0.146 e. The van der Waals surface area contributed by atoms with Gasteiger partial charge in [-0.25, -0.2) is 0 Å². The Balaban J connectivity index is 1.98. The van der Waals surface area contributed by atoms with Crippen molar-refractivity contribution in [3.05, 3.63) is 0 Å². The largest absolute Gasteiger partial charge is 0.304 e. The average molecular weight is 167 g/mol. The fourth-order valence-electron chi connectivity index (χ4n) is 2.62. The minimum atomic E-state index is 0.179. The van der Waals surface area contributed by atoms with E-state index in [1.165, 1.54) is 25.7 Å². The van der Waals surface area contributed by atoms with E-state index in [1.54, 1.807) is 6.92 Å². The van der Waals surface area contributed by atoms with Crippen LogP contribution in [0.15, 0.2) is 0 Å². The number of rotatable bonds is 1. The van der Waals surface area contributed by atoms with E-state index in [1.807, 2.05) is 0 Å². The molecule has 2 nitrogen and oxygen atoms in total. The molecule has 12 heavy (non-hydrogen) atoms. The second-order valence-electron chi connectivity index (χ2n) is 4.22. The molecule has 0 aromatic rings. The van der Waals surface area contributed by atoms with Gasteiger partial charge >= 0.3 is 0 Å².